The van der Waals surface area contributed by atoms with Gasteiger partial charge in [-0.15, -0.1) is 10.2 Å². The highest BCUT2D eigenvalue weighted by Crippen LogP contribution is 2.38. The monoisotopic (exact) mass is 515 g/mol. The van der Waals surface area contributed by atoms with E-state index in [1.165, 1.54) is 4.57 Å². The van der Waals surface area contributed by atoms with Crippen LogP contribution < -0.4 is 0 Å². The molecule has 1 aromatic heterocycles. The minimum absolute atomic E-state index is 0.273. The van der Waals surface area contributed by atoms with E-state index >= 15 is 0 Å². The summed E-state index contributed by atoms with van der Waals surface area (Å²) in [5.41, 5.74) is 0.655. The molecule has 1 aromatic carbocycles. The maximum Gasteiger partial charge on any atom is 0.336 e. The summed E-state index contributed by atoms with van der Waals surface area (Å²) in [4.78, 5) is 0. The first-order chi connectivity index (χ1) is 10.2. The summed E-state index contributed by atoms with van der Waals surface area (Å²) < 4.78 is 29.9. The Morgan fingerprint density at radius 1 is 1.18 bits per heavy atom. The van der Waals surface area contributed by atoms with Gasteiger partial charge in [0.05, 0.1) is 0 Å². The number of alkyl halides is 3. The standard InChI is InChI=1S/C12H12Br3N3O3S/c1-2-6-10-16-17-11(22(19,20)21-12(13,14)15)18(10)9-7-4-3-5-8-9/h3-5,7-8H,2,6H2,1H3. The van der Waals surface area contributed by atoms with Crippen molar-refractivity contribution in [3.63, 3.8) is 0 Å². The second-order valence-corrected chi connectivity index (χ2v) is 12.3. The molecule has 0 aliphatic rings. The van der Waals surface area contributed by atoms with Crippen LogP contribution in [0, 0.1) is 0 Å². The molecule has 22 heavy (non-hydrogen) atoms. The first kappa shape index (κ1) is 18.1. The van der Waals surface area contributed by atoms with Crippen molar-refractivity contribution in [1.29, 1.82) is 0 Å². The van der Waals surface area contributed by atoms with E-state index in [-0.39, 0.29) is 5.16 Å². The fourth-order valence-corrected chi connectivity index (χ4v) is 4.31. The van der Waals surface area contributed by atoms with Crippen molar-refractivity contribution in [2.24, 2.45) is 0 Å². The van der Waals surface area contributed by atoms with Gasteiger partial charge in [-0.25, -0.2) is 4.18 Å². The Labute approximate surface area is 153 Å². The molecule has 0 atom stereocenters. The average molecular weight is 518 g/mol. The van der Waals surface area contributed by atoms with Gasteiger partial charge >= 0.3 is 10.1 Å². The minimum atomic E-state index is -4.15. The van der Waals surface area contributed by atoms with Crippen LogP contribution in [0.4, 0.5) is 0 Å². The summed E-state index contributed by atoms with van der Waals surface area (Å²) in [6.45, 7) is 1.98. The number of rotatable bonds is 5. The molecule has 0 spiro atoms. The molecule has 6 nitrogen and oxygen atoms in total. The van der Waals surface area contributed by atoms with Crippen LogP contribution in [0.5, 0.6) is 0 Å². The zero-order valence-electron chi connectivity index (χ0n) is 11.4. The first-order valence-electron chi connectivity index (χ1n) is 6.26. The largest absolute Gasteiger partial charge is 0.336 e. The lowest BCUT2D eigenvalue weighted by Crippen LogP contribution is -2.19. The Hall–Kier alpha value is -0.290. The van der Waals surface area contributed by atoms with Gasteiger partial charge in [-0.1, -0.05) is 25.1 Å². The highest BCUT2D eigenvalue weighted by atomic mass is 80.0. The van der Waals surface area contributed by atoms with Gasteiger partial charge in [0.2, 0.25) is 0 Å². The van der Waals surface area contributed by atoms with Crippen molar-refractivity contribution >= 4 is 57.9 Å². The van der Waals surface area contributed by atoms with E-state index in [0.29, 0.717) is 17.9 Å². The fraction of sp³-hybridized carbons (Fsp3) is 0.333. The average Bonchev–Trinajstić information content (AvgIpc) is 2.82. The van der Waals surface area contributed by atoms with Gasteiger partial charge in [0.15, 0.2) is 0 Å². The summed E-state index contributed by atoms with van der Waals surface area (Å²) in [6, 6.07) is 9.03. The van der Waals surface area contributed by atoms with Crippen LogP contribution in [-0.2, 0) is 20.7 Å². The lowest BCUT2D eigenvalue weighted by molar-refractivity contribution is 0.346. The van der Waals surface area contributed by atoms with E-state index in [0.717, 1.165) is 6.42 Å². The molecular formula is C12H12Br3N3O3S. The zero-order chi connectivity index (χ0) is 16.4. The van der Waals surface area contributed by atoms with Crippen LogP contribution >= 0.6 is 47.8 Å². The fourth-order valence-electron chi connectivity index (χ4n) is 1.85. The lowest BCUT2D eigenvalue weighted by atomic mass is 10.3. The molecule has 0 radical (unpaired) electrons. The second kappa shape index (κ2) is 7.08. The Morgan fingerprint density at radius 2 is 1.82 bits per heavy atom. The number of aromatic nitrogens is 3. The van der Waals surface area contributed by atoms with Gasteiger partial charge in [-0.05, 0) is 66.3 Å². The molecule has 0 amide bonds. The van der Waals surface area contributed by atoms with Crippen molar-refractivity contribution in [2.45, 2.75) is 27.3 Å². The zero-order valence-corrected chi connectivity index (χ0v) is 17.0. The summed E-state index contributed by atoms with van der Waals surface area (Å²) in [7, 11) is -4.15. The van der Waals surface area contributed by atoms with Gasteiger partial charge < -0.3 is 0 Å². The third-order valence-corrected chi connectivity index (χ3v) is 4.93. The third kappa shape index (κ3) is 4.38. The maximum absolute atomic E-state index is 12.4. The minimum Gasteiger partial charge on any atom is -0.268 e. The molecule has 0 aliphatic carbocycles. The Balaban J connectivity index is 2.58. The van der Waals surface area contributed by atoms with Crippen molar-refractivity contribution in [3.05, 3.63) is 36.2 Å². The number of benzene rings is 1. The highest BCUT2D eigenvalue weighted by molar-refractivity contribution is 9.39. The van der Waals surface area contributed by atoms with Crippen molar-refractivity contribution in [1.82, 2.24) is 14.8 Å². The van der Waals surface area contributed by atoms with Crippen LogP contribution in [0.3, 0.4) is 0 Å². The van der Waals surface area contributed by atoms with Crippen molar-refractivity contribution in [2.75, 3.05) is 0 Å². The molecule has 0 unspecified atom stereocenters. The molecular weight excluding hydrogens is 506 g/mol. The van der Waals surface area contributed by atoms with Crippen molar-refractivity contribution < 1.29 is 12.6 Å². The molecule has 10 heteroatoms. The van der Waals surface area contributed by atoms with Gasteiger partial charge in [0.1, 0.15) is 5.82 Å². The van der Waals surface area contributed by atoms with E-state index in [4.69, 9.17) is 4.18 Å². The molecule has 0 saturated carbocycles. The smallest absolute Gasteiger partial charge is 0.268 e. The number of nitrogens with zero attached hydrogens (tertiary/aromatic N) is 3. The first-order valence-corrected chi connectivity index (χ1v) is 10.1. The quantitative estimate of drug-likeness (QED) is 0.446. The molecule has 0 fully saturated rings. The van der Waals surface area contributed by atoms with E-state index in [2.05, 4.69) is 58.0 Å². The number of hydrogen-bond acceptors (Lipinski definition) is 5. The number of aryl methyl sites for hydroxylation is 1. The van der Waals surface area contributed by atoms with Crippen molar-refractivity contribution in [3.8, 4) is 5.69 Å². The predicted octanol–water partition coefficient (Wildman–Crippen LogP) is 3.72. The Kier molecular flexibility index (Phi) is 5.81. The summed E-state index contributed by atoms with van der Waals surface area (Å²) in [6.07, 6.45) is 1.41. The number of halogens is 3. The van der Waals surface area contributed by atoms with E-state index in [1.807, 2.05) is 25.1 Å². The number of hydrogen-bond donors (Lipinski definition) is 0. The molecule has 0 bridgehead atoms. The maximum atomic E-state index is 12.4. The normalized spacial score (nSPS) is 12.5. The van der Waals surface area contributed by atoms with Crippen LogP contribution in [0.15, 0.2) is 35.5 Å². The van der Waals surface area contributed by atoms with Gasteiger partial charge in [0, 0.05) is 12.1 Å². The van der Waals surface area contributed by atoms with E-state index in [9.17, 15) is 8.42 Å². The van der Waals surface area contributed by atoms with Gasteiger partial charge in [-0.2, -0.15) is 8.42 Å². The molecule has 120 valence electrons. The summed E-state index contributed by atoms with van der Waals surface area (Å²) in [5, 5.41) is 7.52. The van der Waals surface area contributed by atoms with Gasteiger partial charge in [-0.3, -0.25) is 4.57 Å². The summed E-state index contributed by atoms with van der Waals surface area (Å²) >= 11 is 9.01. The van der Waals surface area contributed by atoms with Crippen LogP contribution in [0.25, 0.3) is 5.69 Å². The Morgan fingerprint density at radius 3 is 2.36 bits per heavy atom. The topological polar surface area (TPSA) is 74.1 Å². The van der Waals surface area contributed by atoms with Gasteiger partial charge in [0.25, 0.3) is 7.49 Å². The molecule has 1 heterocycles. The number of para-hydroxylation sites is 1. The second-order valence-electron chi connectivity index (χ2n) is 4.30. The molecule has 0 aliphatic heterocycles. The predicted molar refractivity (Wildman–Crippen MR) is 93.1 cm³/mol. The summed E-state index contributed by atoms with van der Waals surface area (Å²) in [5.74, 6) is 0.556. The Bertz CT molecular complexity index is 742. The van der Waals surface area contributed by atoms with E-state index < -0.39 is 12.4 Å². The molecule has 2 rings (SSSR count). The third-order valence-electron chi connectivity index (χ3n) is 2.62. The van der Waals surface area contributed by atoms with E-state index in [1.54, 1.807) is 12.1 Å². The van der Waals surface area contributed by atoms with Crippen LogP contribution in [0.2, 0.25) is 0 Å². The molecule has 0 saturated heterocycles. The van der Waals surface area contributed by atoms with Crippen LogP contribution in [0.1, 0.15) is 19.2 Å². The SMILES string of the molecule is CCCc1nnc(S(=O)(=O)OC(Br)(Br)Br)n1-c1ccccc1. The lowest BCUT2D eigenvalue weighted by Gasteiger charge is -2.14. The highest BCUT2D eigenvalue weighted by Gasteiger charge is 2.34. The van der Waals surface area contributed by atoms with Crippen LogP contribution in [-0.4, -0.2) is 25.5 Å². The molecule has 0 N–H and O–H groups in total. The molecule has 2 aromatic rings.